The van der Waals surface area contributed by atoms with Crippen LogP contribution in [0.25, 0.3) is 22.6 Å². The average Bonchev–Trinajstić information content (AvgIpc) is 3.01. The van der Waals surface area contributed by atoms with Gasteiger partial charge in [-0.05, 0) is 17.2 Å². The van der Waals surface area contributed by atoms with Gasteiger partial charge in [0.25, 0.3) is 0 Å². The maximum atomic E-state index is 6.09. The second-order valence-corrected chi connectivity index (χ2v) is 5.89. The molecule has 2 heterocycles. The Morgan fingerprint density at radius 3 is 2.28 bits per heavy atom. The summed E-state index contributed by atoms with van der Waals surface area (Å²) in [6, 6.07) is 20.1. The number of fused-ring (bicyclic) bond motifs is 1. The van der Waals surface area contributed by atoms with E-state index in [1.807, 2.05) is 53.1 Å². The molecule has 2 aromatic carbocycles. The number of aromatic nitrogens is 4. The van der Waals surface area contributed by atoms with Crippen molar-refractivity contribution in [1.82, 2.24) is 19.5 Å². The lowest BCUT2D eigenvalue weighted by molar-refractivity contribution is 0.402. The maximum Gasteiger partial charge on any atom is 0.246 e. The van der Waals surface area contributed by atoms with Gasteiger partial charge in [-0.1, -0.05) is 60.7 Å². The average molecular weight is 351 g/mol. The topological polar surface area (TPSA) is 52.8 Å². The van der Waals surface area contributed by atoms with Gasteiger partial charge in [-0.15, -0.1) is 0 Å². The van der Waals surface area contributed by atoms with Gasteiger partial charge in [-0.3, -0.25) is 0 Å². The fraction of sp³-hybridized carbons (Fsp3) is 0.105. The van der Waals surface area contributed by atoms with E-state index in [-0.39, 0.29) is 5.28 Å². The Balaban J connectivity index is 1.98. The van der Waals surface area contributed by atoms with E-state index in [9.17, 15) is 0 Å². The molecule has 0 unspecified atom stereocenters. The van der Waals surface area contributed by atoms with E-state index < -0.39 is 0 Å². The van der Waals surface area contributed by atoms with Crippen LogP contribution in [-0.4, -0.2) is 26.6 Å². The standard InChI is InChI=1S/C19H15ClN4O/c1-25-18-15-17(22-19(20)23-18)24(12-13-8-4-2-5-9-13)16(21-15)14-10-6-3-7-11-14/h2-11H,12H2,1H3. The number of benzene rings is 2. The summed E-state index contributed by atoms with van der Waals surface area (Å²) in [6.07, 6.45) is 0. The van der Waals surface area contributed by atoms with Gasteiger partial charge < -0.3 is 9.30 Å². The Labute approximate surface area is 149 Å². The molecule has 124 valence electrons. The van der Waals surface area contributed by atoms with Gasteiger partial charge in [0.1, 0.15) is 5.82 Å². The first kappa shape index (κ1) is 15.6. The molecule has 0 spiro atoms. The molecule has 0 N–H and O–H groups in total. The Morgan fingerprint density at radius 1 is 0.920 bits per heavy atom. The first-order valence-corrected chi connectivity index (χ1v) is 8.21. The van der Waals surface area contributed by atoms with E-state index in [4.69, 9.17) is 21.3 Å². The van der Waals surface area contributed by atoms with Crippen molar-refractivity contribution >= 4 is 22.8 Å². The van der Waals surface area contributed by atoms with Gasteiger partial charge in [0, 0.05) is 5.56 Å². The van der Waals surface area contributed by atoms with Crippen LogP contribution in [0.1, 0.15) is 5.56 Å². The predicted molar refractivity (Wildman–Crippen MR) is 97.9 cm³/mol. The van der Waals surface area contributed by atoms with Crippen molar-refractivity contribution in [3.05, 3.63) is 71.5 Å². The third kappa shape index (κ3) is 2.94. The zero-order valence-electron chi connectivity index (χ0n) is 13.6. The minimum Gasteiger partial charge on any atom is -0.479 e. The number of hydrogen-bond acceptors (Lipinski definition) is 4. The molecule has 0 bridgehead atoms. The molecule has 25 heavy (non-hydrogen) atoms. The number of halogens is 1. The van der Waals surface area contributed by atoms with Crippen molar-refractivity contribution in [3.63, 3.8) is 0 Å². The van der Waals surface area contributed by atoms with Gasteiger partial charge >= 0.3 is 0 Å². The largest absolute Gasteiger partial charge is 0.479 e. The van der Waals surface area contributed by atoms with E-state index in [0.717, 1.165) is 17.0 Å². The number of methoxy groups -OCH3 is 1. The summed E-state index contributed by atoms with van der Waals surface area (Å²) in [5.74, 6) is 1.17. The summed E-state index contributed by atoms with van der Waals surface area (Å²) < 4.78 is 7.39. The van der Waals surface area contributed by atoms with E-state index in [2.05, 4.69) is 22.1 Å². The molecule has 0 atom stereocenters. The Hall–Kier alpha value is -2.92. The molecule has 2 aromatic heterocycles. The zero-order valence-corrected chi connectivity index (χ0v) is 14.3. The van der Waals surface area contributed by atoms with Crippen molar-refractivity contribution in [2.24, 2.45) is 0 Å². The van der Waals surface area contributed by atoms with E-state index in [1.54, 1.807) is 7.11 Å². The fourth-order valence-corrected chi connectivity index (χ4v) is 2.97. The zero-order chi connectivity index (χ0) is 17.2. The molecular formula is C19H15ClN4O. The van der Waals surface area contributed by atoms with Crippen LogP contribution in [-0.2, 0) is 6.54 Å². The predicted octanol–water partition coefficient (Wildman–Crippen LogP) is 4.20. The van der Waals surface area contributed by atoms with Crippen LogP contribution in [0, 0.1) is 0 Å². The number of imidazole rings is 1. The number of nitrogens with zero attached hydrogens (tertiary/aromatic N) is 4. The first-order valence-electron chi connectivity index (χ1n) is 7.83. The van der Waals surface area contributed by atoms with Crippen LogP contribution >= 0.6 is 11.6 Å². The second kappa shape index (κ2) is 6.53. The van der Waals surface area contributed by atoms with Gasteiger partial charge in [0.05, 0.1) is 13.7 Å². The van der Waals surface area contributed by atoms with Crippen LogP contribution < -0.4 is 4.74 Å². The summed E-state index contributed by atoms with van der Waals surface area (Å²) >= 11 is 6.09. The molecule has 4 aromatic rings. The minimum atomic E-state index is 0.137. The third-order valence-corrected chi connectivity index (χ3v) is 4.11. The highest BCUT2D eigenvalue weighted by Crippen LogP contribution is 2.30. The van der Waals surface area contributed by atoms with E-state index >= 15 is 0 Å². The summed E-state index contributed by atoms with van der Waals surface area (Å²) in [4.78, 5) is 13.3. The normalized spacial score (nSPS) is 11.0. The molecule has 0 radical (unpaired) electrons. The van der Waals surface area contributed by atoms with Crippen LogP contribution in [0.5, 0.6) is 5.88 Å². The SMILES string of the molecule is COc1nc(Cl)nc2c1nc(-c1ccccc1)n2Cc1ccccc1. The monoisotopic (exact) mass is 350 g/mol. The molecule has 5 nitrogen and oxygen atoms in total. The second-order valence-electron chi connectivity index (χ2n) is 5.55. The molecule has 0 fully saturated rings. The lowest BCUT2D eigenvalue weighted by Crippen LogP contribution is -2.03. The van der Waals surface area contributed by atoms with Crippen LogP contribution in [0.4, 0.5) is 0 Å². The molecular weight excluding hydrogens is 336 g/mol. The summed E-state index contributed by atoms with van der Waals surface area (Å²) in [7, 11) is 1.55. The van der Waals surface area contributed by atoms with Crippen LogP contribution in [0.3, 0.4) is 0 Å². The first-order chi connectivity index (χ1) is 12.3. The molecule has 0 saturated heterocycles. The van der Waals surface area contributed by atoms with Crippen molar-refractivity contribution in [3.8, 4) is 17.3 Å². The van der Waals surface area contributed by atoms with Gasteiger partial charge in [0.15, 0.2) is 11.2 Å². The fourth-order valence-electron chi connectivity index (χ4n) is 2.82. The van der Waals surface area contributed by atoms with E-state index in [1.165, 1.54) is 0 Å². The molecule has 6 heteroatoms. The molecule has 0 aliphatic carbocycles. The third-order valence-electron chi connectivity index (χ3n) is 3.94. The van der Waals surface area contributed by atoms with Crippen LogP contribution in [0.2, 0.25) is 5.28 Å². The molecule has 0 aliphatic rings. The van der Waals surface area contributed by atoms with Crippen LogP contribution in [0.15, 0.2) is 60.7 Å². The highest BCUT2D eigenvalue weighted by atomic mass is 35.5. The van der Waals surface area contributed by atoms with Gasteiger partial charge in [-0.25, -0.2) is 4.98 Å². The molecule has 0 saturated carbocycles. The summed E-state index contributed by atoms with van der Waals surface area (Å²) in [5, 5.41) is 0.137. The van der Waals surface area contributed by atoms with Crippen molar-refractivity contribution in [2.45, 2.75) is 6.54 Å². The molecule has 4 rings (SSSR count). The number of ether oxygens (including phenoxy) is 1. The quantitative estimate of drug-likeness (QED) is 0.517. The smallest absolute Gasteiger partial charge is 0.246 e. The number of rotatable bonds is 4. The maximum absolute atomic E-state index is 6.09. The van der Waals surface area contributed by atoms with Gasteiger partial charge in [-0.2, -0.15) is 9.97 Å². The molecule has 0 amide bonds. The molecule has 0 aliphatic heterocycles. The lowest BCUT2D eigenvalue weighted by Gasteiger charge is -2.09. The van der Waals surface area contributed by atoms with Crippen molar-refractivity contribution in [2.75, 3.05) is 7.11 Å². The van der Waals surface area contributed by atoms with Crippen molar-refractivity contribution in [1.29, 1.82) is 0 Å². The van der Waals surface area contributed by atoms with Crippen molar-refractivity contribution < 1.29 is 4.74 Å². The van der Waals surface area contributed by atoms with Gasteiger partial charge in [0.2, 0.25) is 11.2 Å². The Morgan fingerprint density at radius 2 is 1.60 bits per heavy atom. The summed E-state index contributed by atoms with van der Waals surface area (Å²) in [5.41, 5.74) is 3.39. The van der Waals surface area contributed by atoms with E-state index in [0.29, 0.717) is 23.6 Å². The highest BCUT2D eigenvalue weighted by Gasteiger charge is 2.19. The summed E-state index contributed by atoms with van der Waals surface area (Å²) in [6.45, 7) is 0.623. The Bertz CT molecular complexity index is 1020. The minimum absolute atomic E-state index is 0.137. The Kier molecular flexibility index (Phi) is 4.07. The lowest BCUT2D eigenvalue weighted by atomic mass is 10.2. The highest BCUT2D eigenvalue weighted by molar-refractivity contribution is 6.28. The number of hydrogen-bond donors (Lipinski definition) is 0.